The van der Waals surface area contributed by atoms with Crippen molar-refractivity contribution >= 4 is 17.5 Å². The molecule has 29 heavy (non-hydrogen) atoms. The van der Waals surface area contributed by atoms with Crippen LogP contribution < -0.4 is 10.6 Å². The van der Waals surface area contributed by atoms with Gasteiger partial charge in [0.1, 0.15) is 23.1 Å². The first kappa shape index (κ1) is 20.1. The number of hydrogen-bond acceptors (Lipinski definition) is 2. The zero-order chi connectivity index (χ0) is 20.8. The number of hydrogen-bond donors (Lipinski definition) is 2. The summed E-state index contributed by atoms with van der Waals surface area (Å²) in [5, 5.41) is 4.89. The molecule has 3 rings (SSSR count). The predicted octanol–water partition coefficient (Wildman–Crippen LogP) is 4.33. The van der Waals surface area contributed by atoms with E-state index in [0.29, 0.717) is 13.0 Å². The van der Waals surface area contributed by atoms with Gasteiger partial charge < -0.3 is 10.6 Å². The van der Waals surface area contributed by atoms with E-state index in [1.165, 1.54) is 42.5 Å². The third kappa shape index (κ3) is 5.22. The van der Waals surface area contributed by atoms with Gasteiger partial charge in [-0.3, -0.25) is 9.59 Å². The molecule has 0 aliphatic heterocycles. The van der Waals surface area contributed by atoms with Crippen LogP contribution in [0.2, 0.25) is 0 Å². The molecule has 0 radical (unpaired) electrons. The van der Waals surface area contributed by atoms with Gasteiger partial charge in [-0.1, -0.05) is 24.3 Å². The van der Waals surface area contributed by atoms with Crippen molar-refractivity contribution in [2.75, 3.05) is 11.9 Å². The standard InChI is InChI=1S/C22H17F3N2O2/c23-17-9-7-14(8-10-17)11-12-26-21(28)15-3-1-4-16(13-15)22(29)27-20-18(24)5-2-6-19(20)25/h1-10,13H,11-12H2,(H,26,28)(H,27,29). The Labute approximate surface area is 165 Å². The average molecular weight is 398 g/mol. The minimum Gasteiger partial charge on any atom is -0.352 e. The van der Waals surface area contributed by atoms with E-state index in [9.17, 15) is 22.8 Å². The molecule has 3 aromatic rings. The molecule has 0 heterocycles. The second-order valence-corrected chi connectivity index (χ2v) is 6.26. The predicted molar refractivity (Wildman–Crippen MR) is 103 cm³/mol. The molecule has 0 aliphatic rings. The highest BCUT2D eigenvalue weighted by molar-refractivity contribution is 6.06. The quantitative estimate of drug-likeness (QED) is 0.649. The number of carbonyl (C=O) groups is 2. The summed E-state index contributed by atoms with van der Waals surface area (Å²) >= 11 is 0. The number of anilines is 1. The molecule has 0 atom stereocenters. The lowest BCUT2D eigenvalue weighted by atomic mass is 10.1. The smallest absolute Gasteiger partial charge is 0.255 e. The fourth-order valence-corrected chi connectivity index (χ4v) is 2.68. The largest absolute Gasteiger partial charge is 0.352 e. The zero-order valence-corrected chi connectivity index (χ0v) is 15.2. The highest BCUT2D eigenvalue weighted by Gasteiger charge is 2.15. The van der Waals surface area contributed by atoms with Crippen LogP contribution in [-0.2, 0) is 6.42 Å². The summed E-state index contributed by atoms with van der Waals surface area (Å²) in [5.41, 5.74) is 0.628. The van der Waals surface area contributed by atoms with E-state index in [4.69, 9.17) is 0 Å². The normalized spacial score (nSPS) is 10.4. The third-order valence-electron chi connectivity index (χ3n) is 4.20. The van der Waals surface area contributed by atoms with Crippen LogP contribution in [0.4, 0.5) is 18.9 Å². The first-order chi connectivity index (χ1) is 13.9. The molecule has 0 saturated carbocycles. The van der Waals surface area contributed by atoms with E-state index in [0.717, 1.165) is 17.7 Å². The fraction of sp³-hybridized carbons (Fsp3) is 0.0909. The number of halogens is 3. The molecule has 0 bridgehead atoms. The Morgan fingerprint density at radius 3 is 2.00 bits per heavy atom. The van der Waals surface area contributed by atoms with Gasteiger partial charge in [-0.25, -0.2) is 13.2 Å². The van der Waals surface area contributed by atoms with Crippen molar-refractivity contribution in [3.63, 3.8) is 0 Å². The minimum atomic E-state index is -0.895. The average Bonchev–Trinajstić information content (AvgIpc) is 2.72. The van der Waals surface area contributed by atoms with Crippen LogP contribution in [0, 0.1) is 17.5 Å². The van der Waals surface area contributed by atoms with E-state index >= 15 is 0 Å². The number of amides is 2. The van der Waals surface area contributed by atoms with Crippen molar-refractivity contribution in [3.8, 4) is 0 Å². The van der Waals surface area contributed by atoms with Gasteiger partial charge in [-0.15, -0.1) is 0 Å². The van der Waals surface area contributed by atoms with E-state index in [-0.39, 0.29) is 16.9 Å². The number of rotatable bonds is 6. The summed E-state index contributed by atoms with van der Waals surface area (Å²) in [6.07, 6.45) is 0.513. The van der Waals surface area contributed by atoms with Gasteiger partial charge in [0.25, 0.3) is 11.8 Å². The number of benzene rings is 3. The monoisotopic (exact) mass is 398 g/mol. The van der Waals surface area contributed by atoms with Crippen molar-refractivity contribution < 1.29 is 22.8 Å². The lowest BCUT2D eigenvalue weighted by Crippen LogP contribution is -2.26. The molecule has 0 aliphatic carbocycles. The fourth-order valence-electron chi connectivity index (χ4n) is 2.68. The Balaban J connectivity index is 1.63. The molecule has 148 valence electrons. The van der Waals surface area contributed by atoms with Crippen LogP contribution >= 0.6 is 0 Å². The van der Waals surface area contributed by atoms with Gasteiger partial charge in [0, 0.05) is 17.7 Å². The molecule has 0 aromatic heterocycles. The lowest BCUT2D eigenvalue weighted by Gasteiger charge is -2.09. The molecule has 4 nitrogen and oxygen atoms in total. The third-order valence-corrected chi connectivity index (χ3v) is 4.20. The van der Waals surface area contributed by atoms with Crippen LogP contribution in [0.15, 0.2) is 66.7 Å². The summed E-state index contributed by atoms with van der Waals surface area (Å²) < 4.78 is 40.3. The molecular weight excluding hydrogens is 381 g/mol. The van der Waals surface area contributed by atoms with Crippen molar-refractivity contribution in [1.29, 1.82) is 0 Å². The number of carbonyl (C=O) groups excluding carboxylic acids is 2. The van der Waals surface area contributed by atoms with Gasteiger partial charge in [-0.2, -0.15) is 0 Å². The molecule has 0 spiro atoms. The van der Waals surface area contributed by atoms with Crippen LogP contribution in [-0.4, -0.2) is 18.4 Å². The van der Waals surface area contributed by atoms with E-state index in [1.54, 1.807) is 12.1 Å². The van der Waals surface area contributed by atoms with Crippen molar-refractivity contribution in [1.82, 2.24) is 5.32 Å². The van der Waals surface area contributed by atoms with Crippen molar-refractivity contribution in [3.05, 3.63) is 101 Å². The highest BCUT2D eigenvalue weighted by Crippen LogP contribution is 2.19. The van der Waals surface area contributed by atoms with Crippen molar-refractivity contribution in [2.45, 2.75) is 6.42 Å². The van der Waals surface area contributed by atoms with Gasteiger partial charge in [0.2, 0.25) is 0 Å². The number of para-hydroxylation sites is 1. The number of nitrogens with one attached hydrogen (secondary N) is 2. The second-order valence-electron chi connectivity index (χ2n) is 6.26. The van der Waals surface area contributed by atoms with Gasteiger partial charge in [-0.05, 0) is 54.4 Å². The molecule has 7 heteroatoms. The topological polar surface area (TPSA) is 58.2 Å². The first-order valence-electron chi connectivity index (χ1n) is 8.82. The zero-order valence-electron chi connectivity index (χ0n) is 15.2. The van der Waals surface area contributed by atoms with Crippen LogP contribution in [0.3, 0.4) is 0 Å². The van der Waals surface area contributed by atoms with E-state index in [2.05, 4.69) is 10.6 Å². The van der Waals surface area contributed by atoms with Gasteiger partial charge >= 0.3 is 0 Å². The minimum absolute atomic E-state index is 0.0823. The Morgan fingerprint density at radius 2 is 1.34 bits per heavy atom. The molecule has 0 fully saturated rings. The van der Waals surface area contributed by atoms with Crippen molar-refractivity contribution in [2.24, 2.45) is 0 Å². The molecule has 3 aromatic carbocycles. The second kappa shape index (κ2) is 9.05. The van der Waals surface area contributed by atoms with Crippen LogP contribution in [0.25, 0.3) is 0 Å². The summed E-state index contributed by atoms with van der Waals surface area (Å²) in [7, 11) is 0. The summed E-state index contributed by atoms with van der Waals surface area (Å²) in [5.74, 6) is -3.27. The maximum Gasteiger partial charge on any atom is 0.255 e. The van der Waals surface area contributed by atoms with Crippen LogP contribution in [0.1, 0.15) is 26.3 Å². The Hall–Kier alpha value is -3.61. The highest BCUT2D eigenvalue weighted by atomic mass is 19.1. The summed E-state index contributed by atoms with van der Waals surface area (Å²) in [6, 6.07) is 15.0. The summed E-state index contributed by atoms with van der Waals surface area (Å²) in [4.78, 5) is 24.6. The Morgan fingerprint density at radius 1 is 0.759 bits per heavy atom. The van der Waals surface area contributed by atoms with Gasteiger partial charge in [0.15, 0.2) is 0 Å². The SMILES string of the molecule is O=C(NCCc1ccc(F)cc1)c1cccc(C(=O)Nc2c(F)cccc2F)c1. The Kier molecular flexibility index (Phi) is 6.29. The molecule has 2 amide bonds. The molecular formula is C22H17F3N2O2. The summed E-state index contributed by atoms with van der Waals surface area (Å²) in [6.45, 7) is 0.321. The maximum atomic E-state index is 13.7. The first-order valence-corrected chi connectivity index (χ1v) is 8.82. The van der Waals surface area contributed by atoms with Gasteiger partial charge in [0.05, 0.1) is 0 Å². The molecule has 0 unspecified atom stereocenters. The molecule has 0 saturated heterocycles. The van der Waals surface area contributed by atoms with E-state index in [1.807, 2.05) is 0 Å². The molecule has 2 N–H and O–H groups in total. The Bertz CT molecular complexity index is 1020. The maximum absolute atomic E-state index is 13.7. The van der Waals surface area contributed by atoms with Crippen LogP contribution in [0.5, 0.6) is 0 Å². The lowest BCUT2D eigenvalue weighted by molar-refractivity contribution is 0.0954. The van der Waals surface area contributed by atoms with E-state index < -0.39 is 29.1 Å².